The number of aryl methyl sites for hydroxylation is 1. The highest BCUT2D eigenvalue weighted by Gasteiger charge is 1.96. The highest BCUT2D eigenvalue weighted by molar-refractivity contribution is 5.35. The molecule has 0 saturated carbocycles. The standard InChI is InChI=1S/C6H6N2O2/c1-4-2-5(8-10)6(9)7-3-4/h2-3H,1H3,(H,7,9). The molecule has 10 heavy (non-hydrogen) atoms. The van der Waals surface area contributed by atoms with Gasteiger partial charge in [0.15, 0.2) is 5.69 Å². The van der Waals surface area contributed by atoms with Gasteiger partial charge < -0.3 is 4.98 Å². The summed E-state index contributed by atoms with van der Waals surface area (Å²) < 4.78 is 0. The minimum Gasteiger partial charge on any atom is -0.327 e. The van der Waals surface area contributed by atoms with E-state index in [1.165, 1.54) is 12.3 Å². The lowest BCUT2D eigenvalue weighted by atomic mass is 10.3. The van der Waals surface area contributed by atoms with Crippen LogP contribution in [0.25, 0.3) is 0 Å². The van der Waals surface area contributed by atoms with Gasteiger partial charge in [-0.15, -0.1) is 4.91 Å². The number of pyridine rings is 1. The zero-order valence-corrected chi connectivity index (χ0v) is 5.42. The molecule has 0 fully saturated rings. The number of hydrogen-bond donors (Lipinski definition) is 1. The van der Waals surface area contributed by atoms with Crippen LogP contribution < -0.4 is 5.56 Å². The van der Waals surface area contributed by atoms with Crippen LogP contribution in [-0.2, 0) is 0 Å². The summed E-state index contributed by atoms with van der Waals surface area (Å²) in [6.07, 6.45) is 1.52. The van der Waals surface area contributed by atoms with E-state index in [4.69, 9.17) is 0 Å². The maximum absolute atomic E-state index is 10.7. The summed E-state index contributed by atoms with van der Waals surface area (Å²) in [5.74, 6) is 0. The van der Waals surface area contributed by atoms with E-state index in [0.29, 0.717) is 0 Å². The molecule has 0 amide bonds. The predicted molar refractivity (Wildman–Crippen MR) is 37.3 cm³/mol. The van der Waals surface area contributed by atoms with Crippen LogP contribution in [0.4, 0.5) is 5.69 Å². The molecule has 1 rings (SSSR count). The van der Waals surface area contributed by atoms with Gasteiger partial charge in [0.2, 0.25) is 0 Å². The number of aromatic nitrogens is 1. The highest BCUT2D eigenvalue weighted by Crippen LogP contribution is 2.03. The summed E-state index contributed by atoms with van der Waals surface area (Å²) in [6.45, 7) is 1.77. The van der Waals surface area contributed by atoms with Crippen molar-refractivity contribution < 1.29 is 0 Å². The second-order valence-corrected chi connectivity index (χ2v) is 1.98. The molecule has 1 aromatic heterocycles. The van der Waals surface area contributed by atoms with Crippen molar-refractivity contribution in [2.75, 3.05) is 0 Å². The van der Waals surface area contributed by atoms with Crippen LogP contribution in [0.3, 0.4) is 0 Å². The Morgan fingerprint density at radius 2 is 2.30 bits per heavy atom. The van der Waals surface area contributed by atoms with E-state index in [9.17, 15) is 9.70 Å². The van der Waals surface area contributed by atoms with Crippen molar-refractivity contribution in [3.63, 3.8) is 0 Å². The monoisotopic (exact) mass is 138 g/mol. The molecule has 0 aliphatic carbocycles. The van der Waals surface area contributed by atoms with Crippen LogP contribution in [-0.4, -0.2) is 4.98 Å². The molecular weight excluding hydrogens is 132 g/mol. The van der Waals surface area contributed by atoms with Gasteiger partial charge in [0.05, 0.1) is 0 Å². The Hall–Kier alpha value is -1.45. The molecule has 1 aromatic rings. The van der Waals surface area contributed by atoms with Crippen molar-refractivity contribution >= 4 is 5.69 Å². The summed E-state index contributed by atoms with van der Waals surface area (Å²) in [5.41, 5.74) is 0.301. The Morgan fingerprint density at radius 3 is 2.80 bits per heavy atom. The van der Waals surface area contributed by atoms with Gasteiger partial charge in [-0.3, -0.25) is 4.79 Å². The van der Waals surface area contributed by atoms with Crippen LogP contribution in [0.1, 0.15) is 5.56 Å². The van der Waals surface area contributed by atoms with E-state index in [2.05, 4.69) is 10.2 Å². The van der Waals surface area contributed by atoms with Gasteiger partial charge in [-0.2, -0.15) is 0 Å². The van der Waals surface area contributed by atoms with E-state index in [-0.39, 0.29) is 5.69 Å². The van der Waals surface area contributed by atoms with Crippen LogP contribution in [0.5, 0.6) is 0 Å². The van der Waals surface area contributed by atoms with Gasteiger partial charge in [0.1, 0.15) is 0 Å². The topological polar surface area (TPSA) is 62.3 Å². The first kappa shape index (κ1) is 6.67. The van der Waals surface area contributed by atoms with Crippen LogP contribution in [0, 0.1) is 11.8 Å². The summed E-state index contributed by atoms with van der Waals surface area (Å²) in [5, 5.41) is 2.54. The Bertz CT molecular complexity index is 303. The van der Waals surface area contributed by atoms with E-state index in [0.717, 1.165) is 5.56 Å². The summed E-state index contributed by atoms with van der Waals surface area (Å²) >= 11 is 0. The van der Waals surface area contributed by atoms with Crippen LogP contribution >= 0.6 is 0 Å². The molecule has 0 radical (unpaired) electrons. The molecule has 0 unspecified atom stereocenters. The quantitative estimate of drug-likeness (QED) is 0.590. The number of nitrogens with one attached hydrogen (secondary N) is 1. The molecule has 0 aliphatic rings. The third kappa shape index (κ3) is 1.10. The average Bonchev–Trinajstić information content (AvgIpc) is 1.94. The smallest absolute Gasteiger partial charge is 0.277 e. The van der Waals surface area contributed by atoms with Crippen LogP contribution in [0.2, 0.25) is 0 Å². The first-order valence-corrected chi connectivity index (χ1v) is 2.77. The Labute approximate surface area is 56.9 Å². The molecular formula is C6H6N2O2. The van der Waals surface area contributed by atoms with Gasteiger partial charge in [0.25, 0.3) is 5.56 Å². The summed E-state index contributed by atoms with van der Waals surface area (Å²) in [6, 6.07) is 1.44. The number of aromatic amines is 1. The van der Waals surface area contributed by atoms with Crippen molar-refractivity contribution in [2.24, 2.45) is 5.18 Å². The Balaban J connectivity index is 3.35. The van der Waals surface area contributed by atoms with Gasteiger partial charge in [-0.25, -0.2) is 0 Å². The van der Waals surface area contributed by atoms with E-state index < -0.39 is 5.56 Å². The number of H-pyrrole nitrogens is 1. The van der Waals surface area contributed by atoms with Crippen molar-refractivity contribution in [2.45, 2.75) is 6.92 Å². The number of hydrogen-bond acceptors (Lipinski definition) is 3. The third-order valence-electron chi connectivity index (χ3n) is 1.13. The average molecular weight is 138 g/mol. The van der Waals surface area contributed by atoms with Gasteiger partial charge in [-0.05, 0) is 23.7 Å². The highest BCUT2D eigenvalue weighted by atomic mass is 16.3. The van der Waals surface area contributed by atoms with E-state index >= 15 is 0 Å². The molecule has 0 spiro atoms. The molecule has 52 valence electrons. The van der Waals surface area contributed by atoms with Crippen molar-refractivity contribution in [3.05, 3.63) is 33.1 Å². The van der Waals surface area contributed by atoms with Crippen molar-refractivity contribution in [1.82, 2.24) is 4.98 Å². The zero-order valence-electron chi connectivity index (χ0n) is 5.42. The maximum atomic E-state index is 10.7. The molecule has 0 aromatic carbocycles. The minimum absolute atomic E-state index is 0.0694. The lowest BCUT2D eigenvalue weighted by Gasteiger charge is -1.89. The fraction of sp³-hybridized carbons (Fsp3) is 0.167. The molecule has 4 heteroatoms. The third-order valence-corrected chi connectivity index (χ3v) is 1.13. The van der Waals surface area contributed by atoms with Crippen LogP contribution in [0.15, 0.2) is 22.2 Å². The lowest BCUT2D eigenvalue weighted by molar-refractivity contribution is 1.18. The first-order chi connectivity index (χ1) is 4.74. The SMILES string of the molecule is Cc1c[nH]c(=O)c(N=O)c1. The summed E-state index contributed by atoms with van der Waals surface area (Å²) in [7, 11) is 0. The fourth-order valence-corrected chi connectivity index (χ4v) is 0.644. The summed E-state index contributed by atoms with van der Waals surface area (Å²) in [4.78, 5) is 22.9. The largest absolute Gasteiger partial charge is 0.327 e. The number of nitroso groups, excluding NO2 is 1. The van der Waals surface area contributed by atoms with Crippen molar-refractivity contribution in [3.8, 4) is 0 Å². The van der Waals surface area contributed by atoms with Gasteiger partial charge in [-0.1, -0.05) is 0 Å². The van der Waals surface area contributed by atoms with Crippen molar-refractivity contribution in [1.29, 1.82) is 0 Å². The molecule has 0 bridgehead atoms. The molecule has 0 atom stereocenters. The predicted octanol–water partition coefficient (Wildman–Crippen LogP) is 1.08. The molecule has 0 saturated heterocycles. The number of rotatable bonds is 1. The Kier molecular flexibility index (Phi) is 1.62. The fourth-order valence-electron chi connectivity index (χ4n) is 0.644. The van der Waals surface area contributed by atoms with Gasteiger partial charge >= 0.3 is 0 Å². The minimum atomic E-state index is -0.444. The molecule has 1 N–H and O–H groups in total. The first-order valence-electron chi connectivity index (χ1n) is 2.77. The number of nitrogens with zero attached hydrogens (tertiary/aromatic N) is 1. The second-order valence-electron chi connectivity index (χ2n) is 1.98. The second kappa shape index (κ2) is 2.43. The van der Waals surface area contributed by atoms with E-state index in [1.807, 2.05) is 0 Å². The van der Waals surface area contributed by atoms with Gasteiger partial charge in [0, 0.05) is 6.20 Å². The molecule has 1 heterocycles. The normalized spacial score (nSPS) is 9.30. The zero-order chi connectivity index (χ0) is 7.56. The van der Waals surface area contributed by atoms with E-state index in [1.54, 1.807) is 6.92 Å². The maximum Gasteiger partial charge on any atom is 0.277 e. The Morgan fingerprint density at radius 1 is 1.60 bits per heavy atom. The molecule has 4 nitrogen and oxygen atoms in total. The molecule has 0 aliphatic heterocycles. The lowest BCUT2D eigenvalue weighted by Crippen LogP contribution is -2.03.